The molecule has 0 unspecified atom stereocenters. The Morgan fingerprint density at radius 2 is 1.89 bits per heavy atom. The Hall–Kier alpha value is -1.39. The number of aliphatic hydroxyl groups excluding tert-OH is 1. The molecule has 1 amide bonds. The number of carbonyl (C=O) groups is 1. The van der Waals surface area contributed by atoms with Crippen molar-refractivity contribution in [2.75, 3.05) is 18.5 Å². The number of hydrogen-bond donors (Lipinski definition) is 3. The van der Waals surface area contributed by atoms with E-state index in [1.807, 2.05) is 38.1 Å². The third-order valence-electron chi connectivity index (χ3n) is 2.64. The van der Waals surface area contributed by atoms with Gasteiger partial charge in [0.1, 0.15) is 0 Å². The fraction of sp³-hybridized carbons (Fsp3) is 0.500. The van der Waals surface area contributed by atoms with Gasteiger partial charge in [-0.05, 0) is 17.7 Å². The lowest BCUT2D eigenvalue weighted by molar-refractivity contribution is -0.114. The summed E-state index contributed by atoms with van der Waals surface area (Å²) in [4.78, 5) is 10.9. The summed E-state index contributed by atoms with van der Waals surface area (Å²) >= 11 is 0. The predicted molar refractivity (Wildman–Crippen MR) is 73.3 cm³/mol. The zero-order valence-electron chi connectivity index (χ0n) is 11.3. The van der Waals surface area contributed by atoms with Gasteiger partial charge in [-0.2, -0.15) is 0 Å². The fourth-order valence-electron chi connectivity index (χ4n) is 1.51. The molecule has 1 rings (SSSR count). The first kappa shape index (κ1) is 14.7. The van der Waals surface area contributed by atoms with Crippen LogP contribution in [0.2, 0.25) is 0 Å². The second kappa shape index (κ2) is 6.52. The Morgan fingerprint density at radius 1 is 1.28 bits per heavy atom. The highest BCUT2D eigenvalue weighted by molar-refractivity contribution is 5.88. The number of rotatable bonds is 6. The van der Waals surface area contributed by atoms with E-state index in [0.29, 0.717) is 0 Å². The molecule has 0 aliphatic heterocycles. The molecule has 1 aromatic rings. The van der Waals surface area contributed by atoms with Crippen molar-refractivity contribution >= 4 is 11.6 Å². The zero-order valence-corrected chi connectivity index (χ0v) is 11.3. The van der Waals surface area contributed by atoms with Crippen LogP contribution in [0.25, 0.3) is 0 Å². The normalized spacial score (nSPS) is 11.3. The minimum Gasteiger partial charge on any atom is -0.396 e. The van der Waals surface area contributed by atoms with Crippen molar-refractivity contribution in [2.45, 2.75) is 27.3 Å². The molecular formula is C14H22N2O2. The van der Waals surface area contributed by atoms with E-state index in [1.54, 1.807) is 0 Å². The number of amides is 1. The Morgan fingerprint density at radius 3 is 2.39 bits per heavy atom. The topological polar surface area (TPSA) is 61.4 Å². The molecule has 0 spiro atoms. The maximum Gasteiger partial charge on any atom is 0.221 e. The van der Waals surface area contributed by atoms with Crippen molar-refractivity contribution in [2.24, 2.45) is 5.41 Å². The van der Waals surface area contributed by atoms with Crippen molar-refractivity contribution in [3.05, 3.63) is 29.8 Å². The van der Waals surface area contributed by atoms with Crippen LogP contribution in [-0.4, -0.2) is 24.2 Å². The summed E-state index contributed by atoms with van der Waals surface area (Å²) in [6.07, 6.45) is 0. The van der Waals surface area contributed by atoms with Gasteiger partial charge in [0.25, 0.3) is 0 Å². The molecule has 0 aliphatic rings. The van der Waals surface area contributed by atoms with Gasteiger partial charge in [0.15, 0.2) is 0 Å². The van der Waals surface area contributed by atoms with E-state index >= 15 is 0 Å². The molecule has 1 aromatic carbocycles. The number of aliphatic hydroxyl groups is 1. The van der Waals surface area contributed by atoms with Crippen LogP contribution in [0.3, 0.4) is 0 Å². The van der Waals surface area contributed by atoms with Crippen molar-refractivity contribution in [1.29, 1.82) is 0 Å². The number of benzene rings is 1. The average molecular weight is 250 g/mol. The van der Waals surface area contributed by atoms with Gasteiger partial charge < -0.3 is 15.7 Å². The summed E-state index contributed by atoms with van der Waals surface area (Å²) in [5, 5.41) is 15.2. The van der Waals surface area contributed by atoms with Crippen LogP contribution in [0.5, 0.6) is 0 Å². The van der Waals surface area contributed by atoms with E-state index in [4.69, 9.17) is 5.11 Å². The summed E-state index contributed by atoms with van der Waals surface area (Å²) in [5.41, 5.74) is 1.86. The second-order valence-corrected chi connectivity index (χ2v) is 5.30. The molecule has 0 radical (unpaired) electrons. The van der Waals surface area contributed by atoms with Crippen LogP contribution >= 0.6 is 0 Å². The Labute approximate surface area is 108 Å². The van der Waals surface area contributed by atoms with Gasteiger partial charge in [-0.1, -0.05) is 26.0 Å². The summed E-state index contributed by atoms with van der Waals surface area (Å²) < 4.78 is 0. The van der Waals surface area contributed by atoms with E-state index in [2.05, 4.69) is 10.6 Å². The maximum absolute atomic E-state index is 10.9. The minimum absolute atomic E-state index is 0.0643. The minimum atomic E-state index is -0.101. The third-order valence-corrected chi connectivity index (χ3v) is 2.64. The first-order valence-corrected chi connectivity index (χ1v) is 6.11. The number of carbonyl (C=O) groups excluding carboxylic acids is 1. The van der Waals surface area contributed by atoms with Crippen LogP contribution in [0, 0.1) is 5.41 Å². The van der Waals surface area contributed by atoms with Crippen LogP contribution < -0.4 is 10.6 Å². The van der Waals surface area contributed by atoms with E-state index in [9.17, 15) is 4.79 Å². The van der Waals surface area contributed by atoms with Crippen molar-refractivity contribution < 1.29 is 9.90 Å². The molecule has 18 heavy (non-hydrogen) atoms. The Bertz CT molecular complexity index is 385. The lowest BCUT2D eigenvalue weighted by atomic mass is 9.95. The molecule has 100 valence electrons. The van der Waals surface area contributed by atoms with E-state index in [1.165, 1.54) is 6.92 Å². The summed E-state index contributed by atoms with van der Waals surface area (Å²) in [5.74, 6) is -0.0643. The van der Waals surface area contributed by atoms with Gasteiger partial charge in [0, 0.05) is 37.7 Å². The van der Waals surface area contributed by atoms with E-state index in [-0.39, 0.29) is 17.9 Å². The summed E-state index contributed by atoms with van der Waals surface area (Å²) in [6, 6.07) is 7.72. The van der Waals surface area contributed by atoms with Crippen LogP contribution in [-0.2, 0) is 11.3 Å². The van der Waals surface area contributed by atoms with Gasteiger partial charge in [-0.25, -0.2) is 0 Å². The molecule has 0 saturated heterocycles. The first-order chi connectivity index (χ1) is 8.43. The molecule has 0 aliphatic carbocycles. The van der Waals surface area contributed by atoms with E-state index in [0.717, 1.165) is 24.3 Å². The third kappa shape index (κ3) is 5.29. The molecule has 0 fully saturated rings. The molecule has 0 saturated carbocycles. The highest BCUT2D eigenvalue weighted by Crippen LogP contribution is 2.13. The van der Waals surface area contributed by atoms with Crippen LogP contribution in [0.4, 0.5) is 5.69 Å². The van der Waals surface area contributed by atoms with Crippen molar-refractivity contribution in [3.8, 4) is 0 Å². The highest BCUT2D eigenvalue weighted by atomic mass is 16.3. The van der Waals surface area contributed by atoms with Gasteiger partial charge >= 0.3 is 0 Å². The smallest absolute Gasteiger partial charge is 0.221 e. The number of hydrogen-bond acceptors (Lipinski definition) is 3. The Kier molecular flexibility index (Phi) is 5.31. The quantitative estimate of drug-likeness (QED) is 0.721. The van der Waals surface area contributed by atoms with Crippen LogP contribution in [0.15, 0.2) is 24.3 Å². The lowest BCUT2D eigenvalue weighted by Gasteiger charge is -2.21. The van der Waals surface area contributed by atoms with E-state index < -0.39 is 0 Å². The molecule has 0 aromatic heterocycles. The monoisotopic (exact) mass is 250 g/mol. The molecular weight excluding hydrogens is 228 g/mol. The largest absolute Gasteiger partial charge is 0.396 e. The molecule has 4 heteroatoms. The molecule has 0 heterocycles. The fourth-order valence-corrected chi connectivity index (χ4v) is 1.51. The van der Waals surface area contributed by atoms with Crippen molar-refractivity contribution in [3.63, 3.8) is 0 Å². The molecule has 3 N–H and O–H groups in total. The lowest BCUT2D eigenvalue weighted by Crippen LogP contribution is -2.31. The molecule has 0 atom stereocenters. The SMILES string of the molecule is CC(=O)Nc1ccc(CNCC(C)(C)CO)cc1. The maximum atomic E-state index is 10.9. The van der Waals surface area contributed by atoms with Gasteiger partial charge in [0.2, 0.25) is 5.91 Å². The van der Waals surface area contributed by atoms with Gasteiger partial charge in [0.05, 0.1) is 0 Å². The van der Waals surface area contributed by atoms with Crippen molar-refractivity contribution in [1.82, 2.24) is 5.32 Å². The number of anilines is 1. The zero-order chi connectivity index (χ0) is 13.6. The highest BCUT2D eigenvalue weighted by Gasteiger charge is 2.15. The predicted octanol–water partition coefficient (Wildman–Crippen LogP) is 1.75. The molecule has 0 bridgehead atoms. The first-order valence-electron chi connectivity index (χ1n) is 6.11. The summed E-state index contributed by atoms with van der Waals surface area (Å²) in [7, 11) is 0. The number of nitrogens with one attached hydrogen (secondary N) is 2. The van der Waals surface area contributed by atoms with Crippen LogP contribution in [0.1, 0.15) is 26.3 Å². The standard InChI is InChI=1S/C14H22N2O2/c1-11(18)16-13-6-4-12(5-7-13)8-15-9-14(2,3)10-17/h4-7,15,17H,8-10H2,1-3H3,(H,16,18). The Balaban J connectivity index is 2.42. The second-order valence-electron chi connectivity index (χ2n) is 5.30. The van der Waals surface area contributed by atoms with Gasteiger partial charge in [-0.3, -0.25) is 4.79 Å². The summed E-state index contributed by atoms with van der Waals surface area (Å²) in [6.45, 7) is 7.20. The average Bonchev–Trinajstić information content (AvgIpc) is 2.30. The van der Waals surface area contributed by atoms with Gasteiger partial charge in [-0.15, -0.1) is 0 Å². The molecule has 4 nitrogen and oxygen atoms in total.